The van der Waals surface area contributed by atoms with Gasteiger partial charge in [-0.3, -0.25) is 0 Å². The first kappa shape index (κ1) is 16.0. The summed E-state index contributed by atoms with van der Waals surface area (Å²) in [6.07, 6.45) is 0. The molecular formula is C19H24OS. The lowest BCUT2D eigenvalue weighted by Gasteiger charge is -2.20. The summed E-state index contributed by atoms with van der Waals surface area (Å²) in [6.45, 7) is 9.56. The van der Waals surface area contributed by atoms with Crippen LogP contribution in [-0.4, -0.2) is 12.4 Å². The lowest BCUT2D eigenvalue weighted by Crippen LogP contribution is -2.11. The molecule has 21 heavy (non-hydrogen) atoms. The van der Waals surface area contributed by atoms with Crippen LogP contribution in [0.4, 0.5) is 0 Å². The fourth-order valence-corrected chi connectivity index (χ4v) is 2.86. The third kappa shape index (κ3) is 4.82. The summed E-state index contributed by atoms with van der Waals surface area (Å²) >= 11 is 1.83. The van der Waals surface area contributed by atoms with Crippen LogP contribution in [0.15, 0.2) is 53.4 Å². The Balaban J connectivity index is 1.86. The van der Waals surface area contributed by atoms with Gasteiger partial charge >= 0.3 is 0 Å². The first-order chi connectivity index (χ1) is 9.97. The second-order valence-corrected chi connectivity index (χ2v) is 7.41. The standard InChI is InChI=1S/C19H24OS/c1-15-14-16(19(2,3)4)10-11-18(15)20-12-13-21-17-8-6-5-7-9-17/h5-11,14H,12-13H2,1-4H3. The van der Waals surface area contributed by atoms with Crippen molar-refractivity contribution in [3.05, 3.63) is 59.7 Å². The zero-order valence-electron chi connectivity index (χ0n) is 13.3. The quantitative estimate of drug-likeness (QED) is 0.535. The van der Waals surface area contributed by atoms with Gasteiger partial charge in [-0.05, 0) is 41.7 Å². The van der Waals surface area contributed by atoms with E-state index in [2.05, 4.69) is 70.2 Å². The molecule has 0 heterocycles. The van der Waals surface area contributed by atoms with Gasteiger partial charge in [-0.15, -0.1) is 11.8 Å². The van der Waals surface area contributed by atoms with Crippen molar-refractivity contribution in [2.24, 2.45) is 0 Å². The second-order valence-electron chi connectivity index (χ2n) is 6.24. The van der Waals surface area contributed by atoms with Crippen LogP contribution in [0, 0.1) is 6.92 Å². The lowest BCUT2D eigenvalue weighted by molar-refractivity contribution is 0.341. The average Bonchev–Trinajstić information content (AvgIpc) is 2.45. The Morgan fingerprint density at radius 2 is 1.71 bits per heavy atom. The topological polar surface area (TPSA) is 9.23 Å². The highest BCUT2D eigenvalue weighted by atomic mass is 32.2. The molecule has 0 saturated carbocycles. The molecule has 2 heteroatoms. The summed E-state index contributed by atoms with van der Waals surface area (Å²) in [7, 11) is 0. The van der Waals surface area contributed by atoms with Crippen LogP contribution in [0.3, 0.4) is 0 Å². The molecule has 0 aliphatic rings. The molecule has 2 rings (SSSR count). The number of aryl methyl sites for hydroxylation is 1. The summed E-state index contributed by atoms with van der Waals surface area (Å²) in [5, 5.41) is 0. The van der Waals surface area contributed by atoms with Gasteiger partial charge in [0.05, 0.1) is 6.61 Å². The summed E-state index contributed by atoms with van der Waals surface area (Å²) in [6, 6.07) is 17.0. The summed E-state index contributed by atoms with van der Waals surface area (Å²) in [4.78, 5) is 1.29. The van der Waals surface area contributed by atoms with E-state index < -0.39 is 0 Å². The number of hydrogen-bond donors (Lipinski definition) is 0. The first-order valence-electron chi connectivity index (χ1n) is 7.38. The Hall–Kier alpha value is -1.41. The Bertz CT molecular complexity index is 570. The Morgan fingerprint density at radius 1 is 1.00 bits per heavy atom. The molecule has 0 radical (unpaired) electrons. The molecule has 0 aliphatic heterocycles. The smallest absolute Gasteiger partial charge is 0.122 e. The van der Waals surface area contributed by atoms with E-state index in [1.807, 2.05) is 17.8 Å². The molecule has 0 aliphatic carbocycles. The molecule has 0 aromatic heterocycles. The lowest BCUT2D eigenvalue weighted by atomic mass is 9.86. The SMILES string of the molecule is Cc1cc(C(C)(C)C)ccc1OCCSc1ccccc1. The van der Waals surface area contributed by atoms with Gasteiger partial charge in [0.2, 0.25) is 0 Å². The molecule has 2 aromatic rings. The van der Waals surface area contributed by atoms with Crippen molar-refractivity contribution in [2.45, 2.75) is 38.0 Å². The van der Waals surface area contributed by atoms with Gasteiger partial charge in [0.1, 0.15) is 5.75 Å². The highest BCUT2D eigenvalue weighted by Crippen LogP contribution is 2.27. The molecule has 0 N–H and O–H groups in total. The minimum Gasteiger partial charge on any atom is -0.492 e. The van der Waals surface area contributed by atoms with Crippen molar-refractivity contribution in [1.82, 2.24) is 0 Å². The average molecular weight is 300 g/mol. The van der Waals surface area contributed by atoms with Crippen LogP contribution in [0.5, 0.6) is 5.75 Å². The van der Waals surface area contributed by atoms with E-state index in [1.54, 1.807) is 0 Å². The fraction of sp³-hybridized carbons (Fsp3) is 0.368. The van der Waals surface area contributed by atoms with Crippen LogP contribution in [0.2, 0.25) is 0 Å². The highest BCUT2D eigenvalue weighted by Gasteiger charge is 2.14. The number of thioether (sulfide) groups is 1. The number of rotatable bonds is 5. The van der Waals surface area contributed by atoms with Crippen LogP contribution >= 0.6 is 11.8 Å². The summed E-state index contributed by atoms with van der Waals surface area (Å²) in [5.74, 6) is 1.96. The second kappa shape index (κ2) is 7.04. The molecule has 0 amide bonds. The zero-order chi connectivity index (χ0) is 15.3. The Morgan fingerprint density at radius 3 is 2.33 bits per heavy atom. The molecule has 2 aromatic carbocycles. The fourth-order valence-electron chi connectivity index (χ4n) is 2.11. The van der Waals surface area contributed by atoms with Crippen molar-refractivity contribution in [2.75, 3.05) is 12.4 Å². The number of hydrogen-bond acceptors (Lipinski definition) is 2. The molecular weight excluding hydrogens is 276 g/mol. The van der Waals surface area contributed by atoms with Crippen molar-refractivity contribution < 1.29 is 4.74 Å². The van der Waals surface area contributed by atoms with Crippen molar-refractivity contribution in [1.29, 1.82) is 0 Å². The maximum Gasteiger partial charge on any atom is 0.122 e. The minimum absolute atomic E-state index is 0.187. The van der Waals surface area contributed by atoms with E-state index in [0.29, 0.717) is 0 Å². The first-order valence-corrected chi connectivity index (χ1v) is 8.37. The van der Waals surface area contributed by atoms with Gasteiger partial charge in [0.15, 0.2) is 0 Å². The van der Waals surface area contributed by atoms with Crippen LogP contribution in [-0.2, 0) is 5.41 Å². The summed E-state index contributed by atoms with van der Waals surface area (Å²) in [5.41, 5.74) is 2.75. The van der Waals surface area contributed by atoms with E-state index in [1.165, 1.54) is 16.0 Å². The van der Waals surface area contributed by atoms with E-state index in [0.717, 1.165) is 18.1 Å². The van der Waals surface area contributed by atoms with Crippen LogP contribution in [0.25, 0.3) is 0 Å². The molecule has 0 unspecified atom stereocenters. The maximum atomic E-state index is 5.91. The normalized spacial score (nSPS) is 11.4. The molecule has 1 nitrogen and oxygen atoms in total. The molecule has 0 atom stereocenters. The third-order valence-corrected chi connectivity index (χ3v) is 4.37. The Labute approximate surface area is 132 Å². The van der Waals surface area contributed by atoms with Gasteiger partial charge in [-0.2, -0.15) is 0 Å². The zero-order valence-corrected chi connectivity index (χ0v) is 14.2. The molecule has 0 fully saturated rings. The van der Waals surface area contributed by atoms with Gasteiger partial charge in [0.25, 0.3) is 0 Å². The maximum absolute atomic E-state index is 5.91. The van der Waals surface area contributed by atoms with E-state index in [-0.39, 0.29) is 5.41 Å². The number of ether oxygens (including phenoxy) is 1. The van der Waals surface area contributed by atoms with E-state index in [9.17, 15) is 0 Å². The van der Waals surface area contributed by atoms with E-state index >= 15 is 0 Å². The number of benzene rings is 2. The van der Waals surface area contributed by atoms with Crippen LogP contribution < -0.4 is 4.74 Å². The molecule has 112 valence electrons. The highest BCUT2D eigenvalue weighted by molar-refractivity contribution is 7.99. The predicted octanol–water partition coefficient (Wildman–Crippen LogP) is 5.46. The minimum atomic E-state index is 0.187. The molecule has 0 bridgehead atoms. The third-order valence-electron chi connectivity index (χ3n) is 3.39. The van der Waals surface area contributed by atoms with Crippen molar-refractivity contribution in [3.63, 3.8) is 0 Å². The van der Waals surface area contributed by atoms with E-state index in [4.69, 9.17) is 4.74 Å². The molecule has 0 spiro atoms. The van der Waals surface area contributed by atoms with Gasteiger partial charge in [-0.1, -0.05) is 51.1 Å². The van der Waals surface area contributed by atoms with Gasteiger partial charge < -0.3 is 4.74 Å². The predicted molar refractivity (Wildman–Crippen MR) is 92.5 cm³/mol. The van der Waals surface area contributed by atoms with Gasteiger partial charge in [0, 0.05) is 10.6 Å². The van der Waals surface area contributed by atoms with Crippen LogP contribution in [0.1, 0.15) is 31.9 Å². The molecule has 0 saturated heterocycles. The summed E-state index contributed by atoms with van der Waals surface area (Å²) < 4.78 is 5.91. The van der Waals surface area contributed by atoms with Gasteiger partial charge in [-0.25, -0.2) is 0 Å². The van der Waals surface area contributed by atoms with Crippen molar-refractivity contribution >= 4 is 11.8 Å². The monoisotopic (exact) mass is 300 g/mol. The Kier molecular flexibility index (Phi) is 5.35. The largest absolute Gasteiger partial charge is 0.492 e. The van der Waals surface area contributed by atoms with Crippen molar-refractivity contribution in [3.8, 4) is 5.75 Å².